The van der Waals surface area contributed by atoms with Gasteiger partial charge in [-0.1, -0.05) is 29.8 Å². The number of benzene rings is 2. The number of aryl methyl sites for hydroxylation is 2. The topological polar surface area (TPSA) is 72.3 Å². The smallest absolute Gasteiger partial charge is 0.337 e. The summed E-state index contributed by atoms with van der Waals surface area (Å²) in [6.45, 7) is 0.324. The fraction of sp³-hybridized carbons (Fsp3) is 0.448. The van der Waals surface area contributed by atoms with E-state index in [1.165, 1.54) is 29.2 Å². The first-order chi connectivity index (χ1) is 20.5. The van der Waals surface area contributed by atoms with Crippen LogP contribution >= 0.6 is 11.6 Å². The number of aromatic nitrogens is 2. The number of fused-ring (bicyclic) bond motifs is 4. The van der Waals surface area contributed by atoms with Crippen LogP contribution in [0, 0.1) is 5.92 Å². The predicted octanol–water partition coefficient (Wildman–Crippen LogP) is 6.30. The van der Waals surface area contributed by atoms with Crippen LogP contribution in [0.1, 0.15) is 41.6 Å². The van der Waals surface area contributed by atoms with E-state index >= 15 is 4.39 Å². The van der Waals surface area contributed by atoms with Gasteiger partial charge in [0.1, 0.15) is 4.75 Å². The summed E-state index contributed by atoms with van der Waals surface area (Å²) in [6, 6.07) is 5.92. The second kappa shape index (κ2) is 10.2. The van der Waals surface area contributed by atoms with Crippen LogP contribution in [0.2, 0.25) is 5.02 Å². The summed E-state index contributed by atoms with van der Waals surface area (Å²) in [4.78, 5) is 19.4. The van der Waals surface area contributed by atoms with Crippen LogP contribution in [-0.4, -0.2) is 53.7 Å². The minimum Gasteiger partial charge on any atom is -0.337 e. The molecule has 0 radical (unpaired) electrons. The van der Waals surface area contributed by atoms with Crippen molar-refractivity contribution in [3.63, 3.8) is 0 Å². The number of hydrogen-bond donors (Lipinski definition) is 0. The molecule has 0 spiro atoms. The number of hydrogen-bond acceptors (Lipinski definition) is 4. The molecular weight excluding hydrogens is 639 g/mol. The highest BCUT2D eigenvalue weighted by Gasteiger charge is 2.74. The van der Waals surface area contributed by atoms with Crippen molar-refractivity contribution in [2.45, 2.75) is 72.4 Å². The molecule has 6 rings (SSSR count). The Hall–Kier alpha value is -3.13. The number of amides is 1. The zero-order chi connectivity index (χ0) is 31.9. The van der Waals surface area contributed by atoms with Gasteiger partial charge in [-0.25, -0.2) is 17.8 Å². The lowest BCUT2D eigenvalue weighted by atomic mass is 9.76. The molecule has 3 heterocycles. The molecular formula is C29H25ClF7N3O3S. The van der Waals surface area contributed by atoms with E-state index in [-0.39, 0.29) is 52.8 Å². The van der Waals surface area contributed by atoms with Gasteiger partial charge in [0, 0.05) is 35.6 Å². The van der Waals surface area contributed by atoms with Crippen molar-refractivity contribution in [1.82, 2.24) is 14.5 Å². The number of sulfone groups is 1. The van der Waals surface area contributed by atoms with Crippen LogP contribution in [0.3, 0.4) is 0 Å². The largest absolute Gasteiger partial charge is 0.435 e. The number of halogens is 8. The fourth-order valence-corrected chi connectivity index (χ4v) is 9.62. The molecule has 6 nitrogen and oxygen atoms in total. The number of carbonyl (C=O) groups is 1. The lowest BCUT2D eigenvalue weighted by Gasteiger charge is -2.43. The molecule has 1 aliphatic carbocycles. The molecule has 1 aromatic heterocycles. The zero-order valence-electron chi connectivity index (χ0n) is 22.8. The molecule has 1 amide bonds. The molecule has 2 unspecified atom stereocenters. The minimum absolute atomic E-state index is 0.0110. The van der Waals surface area contributed by atoms with Crippen molar-refractivity contribution in [2.24, 2.45) is 5.92 Å². The summed E-state index contributed by atoms with van der Waals surface area (Å²) in [7, 11) is -4.44. The number of imidazole rings is 1. The third kappa shape index (κ3) is 4.38. The van der Waals surface area contributed by atoms with E-state index in [0.29, 0.717) is 31.5 Å². The molecule has 0 saturated carbocycles. The second-order valence-corrected chi connectivity index (χ2v) is 14.1. The fourth-order valence-electron chi connectivity index (χ4n) is 7.13. The van der Waals surface area contributed by atoms with Crippen LogP contribution in [0.15, 0.2) is 59.9 Å². The molecule has 0 N–H and O–H groups in total. The van der Waals surface area contributed by atoms with E-state index in [9.17, 15) is 39.6 Å². The van der Waals surface area contributed by atoms with E-state index in [0.717, 1.165) is 11.8 Å². The Morgan fingerprint density at radius 2 is 1.64 bits per heavy atom. The summed E-state index contributed by atoms with van der Waals surface area (Å²) < 4.78 is 126. The molecule has 1 saturated heterocycles. The molecule has 3 aromatic rings. The molecule has 0 bridgehead atoms. The maximum atomic E-state index is 15.0. The summed E-state index contributed by atoms with van der Waals surface area (Å²) in [5, 5.41) is 0.240. The van der Waals surface area contributed by atoms with Gasteiger partial charge < -0.3 is 9.47 Å². The maximum Gasteiger partial charge on any atom is 0.435 e. The SMILES string of the molecule is O=C([C@H]1CCc2cncn2C1)N1CCC2(S(=O)(=O)c3ccc(Cl)cc3)c3ccc(C(F)(C(F)(F)F)C(F)(F)F)cc3CCC12. The van der Waals surface area contributed by atoms with Crippen LogP contribution in [0.4, 0.5) is 30.7 Å². The van der Waals surface area contributed by atoms with Gasteiger partial charge >= 0.3 is 18.0 Å². The van der Waals surface area contributed by atoms with Crippen LogP contribution in [-0.2, 0) is 44.4 Å². The Labute approximate surface area is 252 Å². The number of likely N-dealkylation sites (tertiary alicyclic amines) is 1. The van der Waals surface area contributed by atoms with E-state index in [2.05, 4.69) is 4.98 Å². The van der Waals surface area contributed by atoms with Crippen molar-refractivity contribution in [3.05, 3.63) is 82.4 Å². The lowest BCUT2D eigenvalue weighted by Crippen LogP contribution is -2.54. The van der Waals surface area contributed by atoms with Gasteiger partial charge in [0.15, 0.2) is 9.84 Å². The van der Waals surface area contributed by atoms with E-state index in [1.807, 2.05) is 4.57 Å². The number of rotatable bonds is 4. The summed E-state index contributed by atoms with van der Waals surface area (Å²) in [5.74, 6) is -0.778. The van der Waals surface area contributed by atoms with Gasteiger partial charge in [-0.3, -0.25) is 4.79 Å². The molecule has 44 heavy (non-hydrogen) atoms. The summed E-state index contributed by atoms with van der Waals surface area (Å²) in [6.07, 6.45) is -8.66. The molecule has 1 fully saturated rings. The Morgan fingerprint density at radius 1 is 0.955 bits per heavy atom. The van der Waals surface area contributed by atoms with Crippen molar-refractivity contribution in [1.29, 1.82) is 0 Å². The molecule has 3 aliphatic rings. The van der Waals surface area contributed by atoms with Gasteiger partial charge in [0.05, 0.1) is 23.2 Å². The first-order valence-corrected chi connectivity index (χ1v) is 15.6. The van der Waals surface area contributed by atoms with Crippen molar-refractivity contribution in [2.75, 3.05) is 6.54 Å². The first kappa shape index (κ1) is 30.9. The van der Waals surface area contributed by atoms with Crippen LogP contribution in [0.5, 0.6) is 0 Å². The van der Waals surface area contributed by atoms with Gasteiger partial charge in [-0.2, -0.15) is 26.3 Å². The lowest BCUT2D eigenvalue weighted by molar-refractivity contribution is -0.348. The minimum atomic E-state index is -6.32. The zero-order valence-corrected chi connectivity index (χ0v) is 24.4. The highest BCUT2D eigenvalue weighted by Crippen LogP contribution is 2.57. The number of nitrogens with zero attached hydrogens (tertiary/aromatic N) is 3. The average Bonchev–Trinajstić information content (AvgIpc) is 3.60. The second-order valence-electron chi connectivity index (χ2n) is 11.5. The van der Waals surface area contributed by atoms with E-state index in [4.69, 9.17) is 11.6 Å². The molecule has 236 valence electrons. The quantitative estimate of drug-likeness (QED) is 0.307. The summed E-state index contributed by atoms with van der Waals surface area (Å²) in [5.41, 5.74) is -6.59. The predicted molar refractivity (Wildman–Crippen MR) is 144 cm³/mol. The van der Waals surface area contributed by atoms with Crippen molar-refractivity contribution in [3.8, 4) is 0 Å². The standard InChI is InChI=1S/C29H25ClF7N3O3S/c30-20-4-7-22(8-5-20)44(42,43)26-11-12-40(25(41)18-1-6-21-14-38-16-39(21)15-18)24(26)10-2-17-13-19(3-9-23(17)26)27(31,28(32,33)34)29(35,36)37/h3-5,7-9,13-14,16,18,24H,1-2,6,10-12,15H2/t18-,24?,26?/m0/s1. The normalized spacial score (nSPS) is 24.0. The summed E-state index contributed by atoms with van der Waals surface area (Å²) >= 11 is 5.98. The van der Waals surface area contributed by atoms with E-state index in [1.54, 1.807) is 12.5 Å². The third-order valence-corrected chi connectivity index (χ3v) is 12.1. The highest BCUT2D eigenvalue weighted by molar-refractivity contribution is 7.92. The molecule has 2 aromatic carbocycles. The third-order valence-electron chi connectivity index (χ3n) is 9.27. The molecule has 2 aliphatic heterocycles. The van der Waals surface area contributed by atoms with Crippen molar-refractivity contribution < 1.29 is 43.9 Å². The van der Waals surface area contributed by atoms with E-state index < -0.39 is 50.1 Å². The Balaban J connectivity index is 1.47. The van der Waals surface area contributed by atoms with Gasteiger partial charge in [0.25, 0.3) is 0 Å². The first-order valence-electron chi connectivity index (χ1n) is 13.8. The number of carbonyl (C=O) groups excluding carboxylic acids is 1. The average molecular weight is 664 g/mol. The van der Waals surface area contributed by atoms with Crippen molar-refractivity contribution >= 4 is 27.3 Å². The van der Waals surface area contributed by atoms with Crippen LogP contribution < -0.4 is 0 Å². The molecule has 15 heteroatoms. The Kier molecular flexibility index (Phi) is 7.15. The van der Waals surface area contributed by atoms with Gasteiger partial charge in [-0.05, 0) is 67.5 Å². The highest BCUT2D eigenvalue weighted by atomic mass is 35.5. The monoisotopic (exact) mass is 663 g/mol. The van der Waals surface area contributed by atoms with Crippen LogP contribution in [0.25, 0.3) is 0 Å². The number of alkyl halides is 7. The Bertz CT molecular complexity index is 1710. The maximum absolute atomic E-state index is 15.0. The van der Waals surface area contributed by atoms with Gasteiger partial charge in [-0.15, -0.1) is 0 Å². The van der Waals surface area contributed by atoms with Gasteiger partial charge in [0.2, 0.25) is 5.91 Å². The Morgan fingerprint density at radius 3 is 2.30 bits per heavy atom. The molecule has 3 atom stereocenters.